The van der Waals surface area contributed by atoms with Gasteiger partial charge >= 0.3 is 0 Å². The molecule has 1 aliphatic rings. The number of hydrogen-bond acceptors (Lipinski definition) is 2. The van der Waals surface area contributed by atoms with Crippen LogP contribution in [0.25, 0.3) is 5.69 Å². The van der Waals surface area contributed by atoms with Crippen molar-refractivity contribution < 1.29 is 0 Å². The lowest BCUT2D eigenvalue weighted by atomic mass is 9.99. The Morgan fingerprint density at radius 2 is 2.14 bits per heavy atom. The van der Waals surface area contributed by atoms with Gasteiger partial charge in [-0.1, -0.05) is 30.7 Å². The van der Waals surface area contributed by atoms with E-state index in [0.29, 0.717) is 0 Å². The third-order valence-corrected chi connectivity index (χ3v) is 4.65. The van der Waals surface area contributed by atoms with Crippen molar-refractivity contribution in [3.05, 3.63) is 46.5 Å². The monoisotopic (exact) mass is 303 g/mol. The fourth-order valence-corrected chi connectivity index (χ4v) is 3.37. The number of aryl methyl sites for hydroxylation is 1. The summed E-state index contributed by atoms with van der Waals surface area (Å²) in [6.45, 7) is 2.12. The average molecular weight is 304 g/mol. The molecule has 112 valence electrons. The first kappa shape index (κ1) is 14.6. The van der Waals surface area contributed by atoms with Gasteiger partial charge in [0.25, 0.3) is 0 Å². The SMILES string of the molecule is CCC(N)Cc1cccc(Cl)c1-n1cnc2c1CCCC2. The Hall–Kier alpha value is -1.32. The summed E-state index contributed by atoms with van der Waals surface area (Å²) in [7, 11) is 0. The van der Waals surface area contributed by atoms with E-state index < -0.39 is 0 Å². The summed E-state index contributed by atoms with van der Waals surface area (Å²) in [6.07, 6.45) is 8.37. The number of imidazole rings is 1. The van der Waals surface area contributed by atoms with Crippen LogP contribution in [-0.2, 0) is 19.3 Å². The Balaban J connectivity index is 2.07. The second-order valence-corrected chi connectivity index (χ2v) is 6.24. The number of benzene rings is 1. The van der Waals surface area contributed by atoms with Gasteiger partial charge in [0, 0.05) is 11.7 Å². The van der Waals surface area contributed by atoms with Crippen molar-refractivity contribution in [1.82, 2.24) is 9.55 Å². The van der Waals surface area contributed by atoms with Gasteiger partial charge in [0.05, 0.1) is 22.7 Å². The zero-order chi connectivity index (χ0) is 14.8. The molecular formula is C17H22ClN3. The first-order chi connectivity index (χ1) is 10.2. The second kappa shape index (κ2) is 6.20. The molecule has 1 aromatic heterocycles. The van der Waals surface area contributed by atoms with E-state index in [4.69, 9.17) is 17.3 Å². The first-order valence-corrected chi connectivity index (χ1v) is 8.17. The van der Waals surface area contributed by atoms with Crippen molar-refractivity contribution in [1.29, 1.82) is 0 Å². The number of nitrogens with zero attached hydrogens (tertiary/aromatic N) is 2. The minimum atomic E-state index is 0.168. The predicted molar refractivity (Wildman–Crippen MR) is 87.2 cm³/mol. The maximum Gasteiger partial charge on any atom is 0.0998 e. The molecule has 0 fully saturated rings. The quantitative estimate of drug-likeness (QED) is 0.936. The standard InChI is InChI=1S/C17H22ClN3/c1-2-13(19)10-12-6-5-7-14(18)17(12)21-11-20-15-8-3-4-9-16(15)21/h5-7,11,13H,2-4,8-10,19H2,1H3. The van der Waals surface area contributed by atoms with Crippen molar-refractivity contribution in [2.24, 2.45) is 5.73 Å². The molecule has 0 saturated carbocycles. The van der Waals surface area contributed by atoms with Gasteiger partial charge in [-0.25, -0.2) is 4.98 Å². The van der Waals surface area contributed by atoms with Crippen LogP contribution in [0.4, 0.5) is 0 Å². The average Bonchev–Trinajstić information content (AvgIpc) is 2.91. The van der Waals surface area contributed by atoms with Crippen LogP contribution in [0.1, 0.15) is 43.1 Å². The van der Waals surface area contributed by atoms with Crippen LogP contribution < -0.4 is 5.73 Å². The van der Waals surface area contributed by atoms with E-state index in [9.17, 15) is 0 Å². The summed E-state index contributed by atoms with van der Waals surface area (Å²) in [5.74, 6) is 0. The molecule has 21 heavy (non-hydrogen) atoms. The summed E-state index contributed by atoms with van der Waals surface area (Å²) < 4.78 is 2.19. The number of rotatable bonds is 4. The molecule has 2 N–H and O–H groups in total. The van der Waals surface area contributed by atoms with Gasteiger partial charge in [-0.15, -0.1) is 0 Å². The lowest BCUT2D eigenvalue weighted by Gasteiger charge is -2.19. The Kier molecular flexibility index (Phi) is 4.32. The van der Waals surface area contributed by atoms with Crippen molar-refractivity contribution >= 4 is 11.6 Å². The molecule has 0 amide bonds. The molecule has 1 aliphatic carbocycles. The topological polar surface area (TPSA) is 43.8 Å². The van der Waals surface area contributed by atoms with Gasteiger partial charge in [0.1, 0.15) is 0 Å². The molecule has 0 radical (unpaired) electrons. The summed E-state index contributed by atoms with van der Waals surface area (Å²) in [6, 6.07) is 6.26. The fourth-order valence-electron chi connectivity index (χ4n) is 3.08. The molecule has 0 spiro atoms. The van der Waals surface area contributed by atoms with Gasteiger partial charge in [0.15, 0.2) is 0 Å². The third kappa shape index (κ3) is 2.85. The van der Waals surface area contributed by atoms with E-state index in [-0.39, 0.29) is 6.04 Å². The van der Waals surface area contributed by atoms with Crippen LogP contribution in [0.2, 0.25) is 5.02 Å². The third-order valence-electron chi connectivity index (χ3n) is 4.35. The number of hydrogen-bond donors (Lipinski definition) is 1. The first-order valence-electron chi connectivity index (χ1n) is 7.79. The smallest absolute Gasteiger partial charge is 0.0998 e. The van der Waals surface area contributed by atoms with Crippen LogP contribution in [-0.4, -0.2) is 15.6 Å². The van der Waals surface area contributed by atoms with E-state index in [1.54, 1.807) is 0 Å². The predicted octanol–water partition coefficient (Wildman–Crippen LogP) is 3.68. The normalized spacial score (nSPS) is 15.8. The van der Waals surface area contributed by atoms with E-state index in [1.165, 1.54) is 29.8 Å². The summed E-state index contributed by atoms with van der Waals surface area (Å²) in [4.78, 5) is 4.59. The van der Waals surface area contributed by atoms with Crippen LogP contribution in [0.15, 0.2) is 24.5 Å². The number of halogens is 1. The summed E-state index contributed by atoms with van der Waals surface area (Å²) in [5.41, 5.74) is 11.0. The number of nitrogens with two attached hydrogens (primary N) is 1. The van der Waals surface area contributed by atoms with E-state index >= 15 is 0 Å². The molecule has 1 atom stereocenters. The minimum absolute atomic E-state index is 0.168. The van der Waals surface area contributed by atoms with Crippen molar-refractivity contribution in [2.45, 2.75) is 51.5 Å². The van der Waals surface area contributed by atoms with Crippen molar-refractivity contribution in [3.8, 4) is 5.69 Å². The lowest BCUT2D eigenvalue weighted by Crippen LogP contribution is -2.22. The molecule has 0 saturated heterocycles. The largest absolute Gasteiger partial charge is 0.327 e. The van der Waals surface area contributed by atoms with Gasteiger partial charge < -0.3 is 10.3 Å². The molecule has 3 nitrogen and oxygen atoms in total. The number of aromatic nitrogens is 2. The molecular weight excluding hydrogens is 282 g/mol. The molecule has 0 bridgehead atoms. The fraction of sp³-hybridized carbons (Fsp3) is 0.471. The molecule has 0 aliphatic heterocycles. The molecule has 1 unspecified atom stereocenters. The number of para-hydroxylation sites is 1. The Labute approximate surface area is 131 Å². The van der Waals surface area contributed by atoms with Gasteiger partial charge in [-0.2, -0.15) is 0 Å². The zero-order valence-corrected chi connectivity index (χ0v) is 13.2. The molecule has 1 heterocycles. The Morgan fingerprint density at radius 1 is 1.33 bits per heavy atom. The molecule has 2 aromatic rings. The summed E-state index contributed by atoms with van der Waals surface area (Å²) >= 11 is 6.50. The van der Waals surface area contributed by atoms with Crippen molar-refractivity contribution in [3.63, 3.8) is 0 Å². The molecule has 1 aromatic carbocycles. The summed E-state index contributed by atoms with van der Waals surface area (Å²) in [5, 5.41) is 0.779. The molecule has 4 heteroatoms. The lowest BCUT2D eigenvalue weighted by molar-refractivity contribution is 0.638. The van der Waals surface area contributed by atoms with Gasteiger partial charge in [-0.3, -0.25) is 0 Å². The highest BCUT2D eigenvalue weighted by atomic mass is 35.5. The van der Waals surface area contributed by atoms with E-state index in [2.05, 4.69) is 22.5 Å². The van der Waals surface area contributed by atoms with Crippen LogP contribution >= 0.6 is 11.6 Å². The minimum Gasteiger partial charge on any atom is -0.327 e. The maximum absolute atomic E-state index is 6.50. The van der Waals surface area contributed by atoms with E-state index in [0.717, 1.165) is 36.4 Å². The van der Waals surface area contributed by atoms with Crippen molar-refractivity contribution in [2.75, 3.05) is 0 Å². The zero-order valence-electron chi connectivity index (χ0n) is 12.5. The van der Waals surface area contributed by atoms with Gasteiger partial charge in [0.2, 0.25) is 0 Å². The highest BCUT2D eigenvalue weighted by Gasteiger charge is 2.19. The van der Waals surface area contributed by atoms with Crippen LogP contribution in [0, 0.1) is 0 Å². The number of fused-ring (bicyclic) bond motifs is 1. The van der Waals surface area contributed by atoms with E-state index in [1.807, 2.05) is 18.5 Å². The highest BCUT2D eigenvalue weighted by Crippen LogP contribution is 2.30. The Morgan fingerprint density at radius 3 is 2.95 bits per heavy atom. The van der Waals surface area contributed by atoms with Crippen LogP contribution in [0.3, 0.4) is 0 Å². The highest BCUT2D eigenvalue weighted by molar-refractivity contribution is 6.32. The van der Waals surface area contributed by atoms with Crippen LogP contribution in [0.5, 0.6) is 0 Å². The second-order valence-electron chi connectivity index (χ2n) is 5.84. The molecule has 3 rings (SSSR count). The maximum atomic E-state index is 6.50. The van der Waals surface area contributed by atoms with Gasteiger partial charge in [-0.05, 0) is 50.2 Å². The Bertz CT molecular complexity index is 633.